The van der Waals surface area contributed by atoms with Crippen molar-refractivity contribution in [3.05, 3.63) is 35.4 Å². The molecule has 112 valence electrons. The summed E-state index contributed by atoms with van der Waals surface area (Å²) < 4.78 is 0. The van der Waals surface area contributed by atoms with E-state index in [0.717, 1.165) is 12.1 Å². The zero-order valence-corrected chi connectivity index (χ0v) is 13.6. The molecule has 0 bridgehead atoms. The van der Waals surface area contributed by atoms with Crippen LogP contribution in [0, 0.1) is 0 Å². The van der Waals surface area contributed by atoms with Crippen molar-refractivity contribution in [3.8, 4) is 0 Å². The second kappa shape index (κ2) is 8.28. The van der Waals surface area contributed by atoms with E-state index in [2.05, 4.69) is 37.9 Å². The van der Waals surface area contributed by atoms with Crippen LogP contribution in [0.3, 0.4) is 0 Å². The fraction of sp³-hybridized carbons (Fsp3) is 0.562. The number of rotatable bonds is 7. The molecule has 1 aromatic carbocycles. The molecule has 0 heterocycles. The normalized spacial score (nSPS) is 11.4. The van der Waals surface area contributed by atoms with Gasteiger partial charge in [-0.3, -0.25) is 9.69 Å². The van der Waals surface area contributed by atoms with Crippen LogP contribution in [0.5, 0.6) is 0 Å². The topological polar surface area (TPSA) is 32.3 Å². The first kappa shape index (κ1) is 17.0. The number of amides is 1. The number of hydrogen-bond acceptors (Lipinski definition) is 2. The van der Waals surface area contributed by atoms with E-state index in [9.17, 15) is 4.79 Å². The Bertz CT molecular complexity index is 424. The molecule has 0 radical (unpaired) electrons. The van der Waals surface area contributed by atoms with Gasteiger partial charge >= 0.3 is 0 Å². The molecule has 0 spiro atoms. The van der Waals surface area contributed by atoms with E-state index >= 15 is 0 Å². The van der Waals surface area contributed by atoms with Crippen molar-refractivity contribution in [2.45, 2.75) is 45.7 Å². The predicted molar refractivity (Wildman–Crippen MR) is 85.3 cm³/mol. The molecule has 0 unspecified atom stereocenters. The average molecular weight is 297 g/mol. The van der Waals surface area contributed by atoms with Gasteiger partial charge in [0.15, 0.2) is 0 Å². The number of hydrogen-bond donors (Lipinski definition) is 1. The number of carbonyl (C=O) groups excluding carboxylic acids is 1. The molecule has 0 aromatic heterocycles. The summed E-state index contributed by atoms with van der Waals surface area (Å²) in [6.45, 7) is 10.2. The smallest absolute Gasteiger partial charge is 0.251 e. The summed E-state index contributed by atoms with van der Waals surface area (Å²) in [5.41, 5.74) is 1.63. The molecule has 0 saturated carbocycles. The fourth-order valence-electron chi connectivity index (χ4n) is 2.31. The molecule has 0 aliphatic rings. The van der Waals surface area contributed by atoms with E-state index in [1.807, 2.05) is 24.3 Å². The lowest BCUT2D eigenvalue weighted by atomic mass is 10.1. The van der Waals surface area contributed by atoms with E-state index < -0.39 is 0 Å². The van der Waals surface area contributed by atoms with Crippen LogP contribution in [0.4, 0.5) is 0 Å². The quantitative estimate of drug-likeness (QED) is 0.783. The molecule has 1 rings (SSSR count). The van der Waals surface area contributed by atoms with E-state index in [4.69, 9.17) is 11.6 Å². The van der Waals surface area contributed by atoms with Gasteiger partial charge in [-0.25, -0.2) is 0 Å². The van der Waals surface area contributed by atoms with Crippen molar-refractivity contribution in [1.29, 1.82) is 0 Å². The Morgan fingerprint density at radius 2 is 1.90 bits per heavy atom. The fourth-order valence-corrected chi connectivity index (χ4v) is 2.48. The highest BCUT2D eigenvalue weighted by Crippen LogP contribution is 2.08. The Balaban J connectivity index is 2.50. The summed E-state index contributed by atoms with van der Waals surface area (Å²) in [4.78, 5) is 14.4. The minimum Gasteiger partial charge on any atom is -0.351 e. The highest BCUT2D eigenvalue weighted by atomic mass is 35.5. The molecular formula is C16H25ClN2O. The maximum atomic E-state index is 12.1. The third kappa shape index (κ3) is 5.14. The van der Waals surface area contributed by atoms with Crippen LogP contribution in [0.25, 0.3) is 0 Å². The highest BCUT2D eigenvalue weighted by Gasteiger charge is 2.13. The summed E-state index contributed by atoms with van der Waals surface area (Å²) in [5, 5.41) is 2.97. The van der Waals surface area contributed by atoms with Crippen LogP contribution in [0.15, 0.2) is 24.3 Å². The van der Waals surface area contributed by atoms with Gasteiger partial charge in [-0.15, -0.1) is 11.6 Å². The van der Waals surface area contributed by atoms with E-state index in [0.29, 0.717) is 30.1 Å². The molecule has 1 amide bonds. The standard InChI is InChI=1S/C16H25ClN2O/c1-12(2)19(13(3)4)9-8-18-16(20)15-7-5-6-14(10-15)11-17/h5-7,10,12-13H,8-9,11H2,1-4H3,(H,18,20). The predicted octanol–water partition coefficient (Wildman–Crippen LogP) is 3.27. The van der Waals surface area contributed by atoms with Crippen molar-refractivity contribution in [2.24, 2.45) is 0 Å². The third-order valence-corrected chi connectivity index (χ3v) is 3.63. The molecule has 0 aliphatic carbocycles. The summed E-state index contributed by atoms with van der Waals surface area (Å²) in [7, 11) is 0. The molecule has 20 heavy (non-hydrogen) atoms. The van der Waals surface area contributed by atoms with Gasteiger partial charge in [0, 0.05) is 36.6 Å². The van der Waals surface area contributed by atoms with Crippen LogP contribution >= 0.6 is 11.6 Å². The van der Waals surface area contributed by atoms with Gasteiger partial charge in [0.05, 0.1) is 0 Å². The van der Waals surface area contributed by atoms with E-state index in [-0.39, 0.29) is 5.91 Å². The van der Waals surface area contributed by atoms with Gasteiger partial charge in [-0.1, -0.05) is 12.1 Å². The van der Waals surface area contributed by atoms with Crippen LogP contribution in [0.2, 0.25) is 0 Å². The molecule has 0 fully saturated rings. The zero-order valence-electron chi connectivity index (χ0n) is 12.8. The summed E-state index contributed by atoms with van der Waals surface area (Å²) >= 11 is 5.78. The number of nitrogens with zero attached hydrogens (tertiary/aromatic N) is 1. The van der Waals surface area contributed by atoms with Crippen LogP contribution in [0.1, 0.15) is 43.6 Å². The largest absolute Gasteiger partial charge is 0.351 e. The zero-order chi connectivity index (χ0) is 15.1. The van der Waals surface area contributed by atoms with Gasteiger partial charge in [-0.2, -0.15) is 0 Å². The Labute approximate surface area is 127 Å². The second-order valence-electron chi connectivity index (χ2n) is 5.52. The summed E-state index contributed by atoms with van der Waals surface area (Å²) in [5.74, 6) is 0.389. The number of benzene rings is 1. The molecule has 0 atom stereocenters. The minimum absolute atomic E-state index is 0.0376. The van der Waals surface area contributed by atoms with E-state index in [1.54, 1.807) is 0 Å². The van der Waals surface area contributed by atoms with Gasteiger partial charge in [0.1, 0.15) is 0 Å². The SMILES string of the molecule is CC(C)N(CCNC(=O)c1cccc(CCl)c1)C(C)C. The molecule has 0 saturated heterocycles. The Morgan fingerprint density at radius 1 is 1.25 bits per heavy atom. The molecule has 3 nitrogen and oxygen atoms in total. The molecule has 1 N–H and O–H groups in total. The summed E-state index contributed by atoms with van der Waals surface area (Å²) in [6.07, 6.45) is 0. The van der Waals surface area contributed by atoms with Crippen molar-refractivity contribution in [3.63, 3.8) is 0 Å². The second-order valence-corrected chi connectivity index (χ2v) is 5.78. The average Bonchev–Trinajstić information content (AvgIpc) is 2.42. The van der Waals surface area contributed by atoms with Crippen LogP contribution in [-0.4, -0.2) is 36.0 Å². The van der Waals surface area contributed by atoms with E-state index in [1.165, 1.54) is 0 Å². The lowest BCUT2D eigenvalue weighted by Gasteiger charge is -2.30. The first-order valence-electron chi connectivity index (χ1n) is 7.14. The monoisotopic (exact) mass is 296 g/mol. The van der Waals surface area contributed by atoms with Gasteiger partial charge in [-0.05, 0) is 45.4 Å². The molecule has 4 heteroatoms. The number of nitrogens with one attached hydrogen (secondary N) is 1. The summed E-state index contributed by atoms with van der Waals surface area (Å²) in [6, 6.07) is 8.39. The lowest BCUT2D eigenvalue weighted by molar-refractivity contribution is 0.0939. The number of carbonyl (C=O) groups is 1. The van der Waals surface area contributed by atoms with Crippen LogP contribution < -0.4 is 5.32 Å². The maximum absolute atomic E-state index is 12.1. The Morgan fingerprint density at radius 3 is 2.45 bits per heavy atom. The van der Waals surface area contributed by atoms with Crippen molar-refractivity contribution in [1.82, 2.24) is 10.2 Å². The minimum atomic E-state index is -0.0376. The van der Waals surface area contributed by atoms with Crippen LogP contribution in [-0.2, 0) is 5.88 Å². The first-order chi connectivity index (χ1) is 9.45. The Kier molecular flexibility index (Phi) is 7.03. The Hall–Kier alpha value is -1.06. The van der Waals surface area contributed by atoms with Crippen molar-refractivity contribution in [2.75, 3.05) is 13.1 Å². The third-order valence-electron chi connectivity index (χ3n) is 3.33. The lowest BCUT2D eigenvalue weighted by Crippen LogP contribution is -2.42. The van der Waals surface area contributed by atoms with Gasteiger partial charge < -0.3 is 5.32 Å². The molecule has 0 aliphatic heterocycles. The maximum Gasteiger partial charge on any atom is 0.251 e. The molecule has 1 aromatic rings. The van der Waals surface area contributed by atoms with Gasteiger partial charge in [0.25, 0.3) is 5.91 Å². The molecular weight excluding hydrogens is 272 g/mol. The first-order valence-corrected chi connectivity index (χ1v) is 7.68. The number of halogens is 1. The van der Waals surface area contributed by atoms with Crippen molar-refractivity contribution < 1.29 is 4.79 Å². The van der Waals surface area contributed by atoms with Gasteiger partial charge in [0.2, 0.25) is 0 Å². The highest BCUT2D eigenvalue weighted by molar-refractivity contribution is 6.17. The number of alkyl halides is 1. The van der Waals surface area contributed by atoms with Crippen molar-refractivity contribution >= 4 is 17.5 Å².